The fraction of sp³-hybridized carbons (Fsp3) is 0.333. The fourth-order valence-corrected chi connectivity index (χ4v) is 2.86. The maximum Gasteiger partial charge on any atom is 0.339 e. The summed E-state index contributed by atoms with van der Waals surface area (Å²) in [6.07, 6.45) is 0. The molecule has 27 heavy (non-hydrogen) atoms. The van der Waals surface area contributed by atoms with Gasteiger partial charge >= 0.3 is 5.97 Å². The molecule has 0 bridgehead atoms. The SMILES string of the molecule is CCN(CC)Cc1ccccc1C(=O)Nc1c(C)cccc1C(=O)OC.Cl. The first kappa shape index (κ1) is 22.7. The molecule has 2 rings (SSSR count). The number of carbonyl (C=O) groups is 2. The van der Waals surface area contributed by atoms with Gasteiger partial charge in [0.2, 0.25) is 0 Å². The first-order chi connectivity index (χ1) is 12.5. The average molecular weight is 391 g/mol. The molecule has 0 aromatic heterocycles. The van der Waals surface area contributed by atoms with E-state index in [-0.39, 0.29) is 18.3 Å². The summed E-state index contributed by atoms with van der Waals surface area (Å²) in [6, 6.07) is 12.8. The summed E-state index contributed by atoms with van der Waals surface area (Å²) in [4.78, 5) is 27.2. The molecule has 0 radical (unpaired) electrons. The Hall–Kier alpha value is -2.37. The molecule has 0 aliphatic heterocycles. The van der Waals surface area contributed by atoms with Gasteiger partial charge in [-0.3, -0.25) is 9.69 Å². The van der Waals surface area contributed by atoms with Crippen molar-refractivity contribution in [2.45, 2.75) is 27.3 Å². The van der Waals surface area contributed by atoms with Gasteiger partial charge in [0.15, 0.2) is 0 Å². The standard InChI is InChI=1S/C21H26N2O3.ClH/c1-5-23(6-2)14-16-11-7-8-12-17(16)20(24)22-19-15(3)10-9-13-18(19)21(25)26-4;/h7-13H,5-6,14H2,1-4H3,(H,22,24);1H. The van der Waals surface area contributed by atoms with Crippen molar-refractivity contribution in [3.8, 4) is 0 Å². The van der Waals surface area contributed by atoms with Crippen molar-refractivity contribution < 1.29 is 14.3 Å². The van der Waals surface area contributed by atoms with Gasteiger partial charge in [-0.15, -0.1) is 12.4 Å². The lowest BCUT2D eigenvalue weighted by Gasteiger charge is -2.20. The molecule has 1 amide bonds. The van der Waals surface area contributed by atoms with Crippen molar-refractivity contribution in [1.29, 1.82) is 0 Å². The van der Waals surface area contributed by atoms with Gasteiger partial charge in [0, 0.05) is 12.1 Å². The molecule has 0 saturated heterocycles. The Morgan fingerprint density at radius 1 is 1.00 bits per heavy atom. The Kier molecular flexibility index (Phi) is 8.98. The van der Waals surface area contributed by atoms with E-state index in [9.17, 15) is 9.59 Å². The maximum absolute atomic E-state index is 12.9. The fourth-order valence-electron chi connectivity index (χ4n) is 2.86. The number of amides is 1. The van der Waals surface area contributed by atoms with Crippen LogP contribution in [0.2, 0.25) is 0 Å². The van der Waals surface area contributed by atoms with Gasteiger partial charge < -0.3 is 10.1 Å². The van der Waals surface area contributed by atoms with Crippen molar-refractivity contribution in [2.75, 3.05) is 25.5 Å². The lowest BCUT2D eigenvalue weighted by atomic mass is 10.0. The van der Waals surface area contributed by atoms with E-state index in [1.165, 1.54) is 7.11 Å². The molecule has 146 valence electrons. The van der Waals surface area contributed by atoms with Gasteiger partial charge in [-0.1, -0.05) is 44.2 Å². The molecule has 0 saturated carbocycles. The van der Waals surface area contributed by atoms with Crippen molar-refractivity contribution in [2.24, 2.45) is 0 Å². The number of nitrogens with zero attached hydrogens (tertiary/aromatic N) is 1. The summed E-state index contributed by atoms with van der Waals surface area (Å²) in [5.41, 5.74) is 3.21. The molecule has 0 heterocycles. The van der Waals surface area contributed by atoms with Crippen LogP contribution in [0, 0.1) is 6.92 Å². The van der Waals surface area contributed by atoms with E-state index in [0.717, 1.165) is 24.2 Å². The number of benzene rings is 2. The molecule has 6 heteroatoms. The Morgan fingerprint density at radius 2 is 1.63 bits per heavy atom. The number of nitrogens with one attached hydrogen (secondary N) is 1. The van der Waals surface area contributed by atoms with Crippen LogP contribution in [0.4, 0.5) is 5.69 Å². The average Bonchev–Trinajstić information content (AvgIpc) is 2.67. The lowest BCUT2D eigenvalue weighted by Crippen LogP contribution is -2.25. The number of methoxy groups -OCH3 is 1. The van der Waals surface area contributed by atoms with Crippen LogP contribution in [0.25, 0.3) is 0 Å². The van der Waals surface area contributed by atoms with Crippen LogP contribution in [0.3, 0.4) is 0 Å². The molecule has 0 aliphatic carbocycles. The normalized spacial score (nSPS) is 10.3. The number of hydrogen-bond acceptors (Lipinski definition) is 4. The maximum atomic E-state index is 12.9. The second-order valence-corrected chi connectivity index (χ2v) is 6.06. The van der Waals surface area contributed by atoms with Gasteiger partial charge in [0.05, 0.1) is 18.4 Å². The Morgan fingerprint density at radius 3 is 2.26 bits per heavy atom. The summed E-state index contributed by atoms with van der Waals surface area (Å²) < 4.78 is 4.83. The smallest absolute Gasteiger partial charge is 0.339 e. The molecule has 0 unspecified atom stereocenters. The highest BCUT2D eigenvalue weighted by Gasteiger charge is 2.18. The van der Waals surface area contributed by atoms with Crippen LogP contribution in [0.5, 0.6) is 0 Å². The number of aryl methyl sites for hydroxylation is 1. The molecule has 0 fully saturated rings. The van der Waals surface area contributed by atoms with Crippen molar-refractivity contribution in [1.82, 2.24) is 4.90 Å². The summed E-state index contributed by atoms with van der Waals surface area (Å²) >= 11 is 0. The highest BCUT2D eigenvalue weighted by molar-refractivity contribution is 6.09. The van der Waals surface area contributed by atoms with Crippen LogP contribution < -0.4 is 5.32 Å². The van der Waals surface area contributed by atoms with Gasteiger partial charge in [0.1, 0.15) is 0 Å². The molecule has 0 atom stereocenters. The number of rotatable bonds is 7. The van der Waals surface area contributed by atoms with Crippen molar-refractivity contribution >= 4 is 30.0 Å². The minimum absolute atomic E-state index is 0. The van der Waals surface area contributed by atoms with Crippen LogP contribution in [0.1, 0.15) is 45.7 Å². The molecule has 1 N–H and O–H groups in total. The summed E-state index contributed by atoms with van der Waals surface area (Å²) in [5.74, 6) is -0.701. The second-order valence-electron chi connectivity index (χ2n) is 6.06. The topological polar surface area (TPSA) is 58.6 Å². The summed E-state index contributed by atoms with van der Waals surface area (Å²) in [5, 5.41) is 2.90. The largest absolute Gasteiger partial charge is 0.465 e. The third-order valence-corrected chi connectivity index (χ3v) is 4.47. The Balaban J connectivity index is 0.00000364. The monoisotopic (exact) mass is 390 g/mol. The van der Waals surface area contributed by atoms with Crippen molar-refractivity contribution in [3.63, 3.8) is 0 Å². The van der Waals surface area contributed by atoms with E-state index >= 15 is 0 Å². The number of esters is 1. The zero-order valence-corrected chi connectivity index (χ0v) is 17.1. The lowest BCUT2D eigenvalue weighted by molar-refractivity contribution is 0.0602. The van der Waals surface area contributed by atoms with E-state index < -0.39 is 5.97 Å². The molecule has 0 aliphatic rings. The number of hydrogen-bond donors (Lipinski definition) is 1. The first-order valence-electron chi connectivity index (χ1n) is 8.81. The number of anilines is 1. The third-order valence-electron chi connectivity index (χ3n) is 4.47. The van der Waals surface area contributed by atoms with Crippen LogP contribution >= 0.6 is 12.4 Å². The highest BCUT2D eigenvalue weighted by Crippen LogP contribution is 2.23. The quantitative estimate of drug-likeness (QED) is 0.716. The second kappa shape index (κ2) is 10.7. The molecule has 2 aromatic carbocycles. The highest BCUT2D eigenvalue weighted by atomic mass is 35.5. The predicted octanol–water partition coefficient (Wildman–Crippen LogP) is 4.30. The van der Waals surface area contributed by atoms with E-state index in [1.54, 1.807) is 12.1 Å². The van der Waals surface area contributed by atoms with Crippen LogP contribution in [0.15, 0.2) is 42.5 Å². The number of para-hydroxylation sites is 1. The minimum atomic E-state index is -0.472. The molecular formula is C21H27ClN2O3. The Bertz CT molecular complexity index is 789. The molecular weight excluding hydrogens is 364 g/mol. The van der Waals surface area contributed by atoms with Gasteiger partial charge in [0.25, 0.3) is 5.91 Å². The van der Waals surface area contributed by atoms with Gasteiger partial charge in [-0.2, -0.15) is 0 Å². The van der Waals surface area contributed by atoms with Crippen LogP contribution in [-0.2, 0) is 11.3 Å². The summed E-state index contributed by atoms with van der Waals surface area (Å²) in [7, 11) is 1.33. The van der Waals surface area contributed by atoms with Gasteiger partial charge in [-0.25, -0.2) is 4.79 Å². The van der Waals surface area contributed by atoms with E-state index in [1.807, 2.05) is 37.3 Å². The summed E-state index contributed by atoms with van der Waals surface area (Å²) in [6.45, 7) is 8.58. The van der Waals surface area contributed by atoms with Gasteiger partial charge in [-0.05, 0) is 43.3 Å². The first-order valence-corrected chi connectivity index (χ1v) is 8.81. The van der Waals surface area contributed by atoms with E-state index in [0.29, 0.717) is 23.4 Å². The third kappa shape index (κ3) is 5.55. The van der Waals surface area contributed by atoms with E-state index in [4.69, 9.17) is 4.74 Å². The Labute approximate surface area is 167 Å². The zero-order chi connectivity index (χ0) is 19.1. The number of ether oxygens (including phenoxy) is 1. The van der Waals surface area contributed by atoms with Crippen molar-refractivity contribution in [3.05, 3.63) is 64.7 Å². The van der Waals surface area contributed by atoms with E-state index in [2.05, 4.69) is 24.1 Å². The zero-order valence-electron chi connectivity index (χ0n) is 16.2. The molecule has 2 aromatic rings. The molecule has 0 spiro atoms. The number of carbonyl (C=O) groups excluding carboxylic acids is 2. The minimum Gasteiger partial charge on any atom is -0.465 e. The number of halogens is 1. The predicted molar refractivity (Wildman–Crippen MR) is 111 cm³/mol. The van der Waals surface area contributed by atoms with Crippen LogP contribution in [-0.4, -0.2) is 37.0 Å². The molecule has 5 nitrogen and oxygen atoms in total.